The van der Waals surface area contributed by atoms with E-state index in [1.807, 2.05) is 0 Å². The van der Waals surface area contributed by atoms with Crippen LogP contribution in [0.3, 0.4) is 0 Å². The fourth-order valence-corrected chi connectivity index (χ4v) is 13.6. The van der Waals surface area contributed by atoms with Gasteiger partial charge in [0, 0.05) is 33.5 Å². The Morgan fingerprint density at radius 3 is 1.23 bits per heavy atom. The Labute approximate surface area is 472 Å². The van der Waals surface area contributed by atoms with E-state index in [0.29, 0.717) is 0 Å². The van der Waals surface area contributed by atoms with Crippen molar-refractivity contribution in [3.8, 4) is 83.6 Å². The first kappa shape index (κ1) is 46.5. The van der Waals surface area contributed by atoms with Gasteiger partial charge in [0.2, 0.25) is 0 Å². The van der Waals surface area contributed by atoms with Gasteiger partial charge in [-0.05, 0) is 179 Å². The van der Waals surface area contributed by atoms with Crippen LogP contribution in [0.5, 0.6) is 0 Å². The molecule has 378 valence electrons. The molecule has 1 aromatic heterocycles. The maximum absolute atomic E-state index is 2.49. The van der Waals surface area contributed by atoms with Crippen molar-refractivity contribution in [1.82, 2.24) is 4.57 Å². The molecule has 2 aliphatic rings. The number of fused-ring (bicyclic) bond motifs is 13. The number of anilines is 3. The molecule has 0 unspecified atom stereocenters. The van der Waals surface area contributed by atoms with Crippen molar-refractivity contribution in [2.75, 3.05) is 4.90 Å². The summed E-state index contributed by atoms with van der Waals surface area (Å²) in [6.45, 7) is 0. The molecule has 1 spiro atoms. The minimum Gasteiger partial charge on any atom is -0.310 e. The minimum absolute atomic E-state index is 0.461. The van der Waals surface area contributed by atoms with E-state index in [9.17, 15) is 0 Å². The summed E-state index contributed by atoms with van der Waals surface area (Å²) < 4.78 is 2.45. The molecule has 2 aliphatic carbocycles. The van der Waals surface area contributed by atoms with Gasteiger partial charge >= 0.3 is 0 Å². The van der Waals surface area contributed by atoms with Gasteiger partial charge in [0.1, 0.15) is 0 Å². The summed E-state index contributed by atoms with van der Waals surface area (Å²) in [6.07, 6.45) is 0. The van der Waals surface area contributed by atoms with Crippen molar-refractivity contribution >= 4 is 38.9 Å². The Morgan fingerprint density at radius 2 is 0.630 bits per heavy atom. The van der Waals surface area contributed by atoms with Crippen LogP contribution in [0.15, 0.2) is 315 Å². The molecule has 0 aliphatic heterocycles. The summed E-state index contributed by atoms with van der Waals surface area (Å²) in [7, 11) is 0. The molecule has 0 saturated carbocycles. The smallest absolute Gasteiger partial charge is 0.0726 e. The lowest BCUT2D eigenvalue weighted by atomic mass is 9.70. The van der Waals surface area contributed by atoms with E-state index in [1.54, 1.807) is 0 Å². The van der Waals surface area contributed by atoms with Gasteiger partial charge in [0.15, 0.2) is 0 Å². The molecule has 0 fully saturated rings. The molecule has 81 heavy (non-hydrogen) atoms. The first-order valence-electron chi connectivity index (χ1n) is 28.1. The Kier molecular flexibility index (Phi) is 10.8. The van der Waals surface area contributed by atoms with Crippen LogP contribution in [0.2, 0.25) is 0 Å². The summed E-state index contributed by atoms with van der Waals surface area (Å²) in [6, 6.07) is 117. The van der Waals surface area contributed by atoms with Crippen LogP contribution < -0.4 is 4.90 Å². The standard InChI is InChI=1S/C79H52N2/c1-4-20-53(21-5-1)56-38-41-63(42-39-56)80(65-43-44-70-69-32-12-16-36-75(69)79(76(70)52-65)73-34-14-10-30-67(73)68-31-11-15-35-74(68)79)64-29-19-28-59(48-64)57-26-18-27-58(46-57)60-40-45-78-72(51-60)71-33-13-17-37-77(71)81(78)66-49-61(54-22-6-2-7-23-54)47-62(50-66)55-24-8-3-9-25-55/h1-52H. The van der Waals surface area contributed by atoms with E-state index < -0.39 is 5.41 Å². The molecule has 0 bridgehead atoms. The Balaban J connectivity index is 0.815. The predicted molar refractivity (Wildman–Crippen MR) is 339 cm³/mol. The summed E-state index contributed by atoms with van der Waals surface area (Å²) in [5.41, 5.74) is 28.6. The highest BCUT2D eigenvalue weighted by Crippen LogP contribution is 2.63. The molecule has 0 N–H and O–H groups in total. The lowest BCUT2D eigenvalue weighted by Gasteiger charge is -2.32. The molecule has 13 aromatic carbocycles. The van der Waals surface area contributed by atoms with Crippen molar-refractivity contribution in [3.05, 3.63) is 338 Å². The van der Waals surface area contributed by atoms with Crippen molar-refractivity contribution in [3.63, 3.8) is 0 Å². The lowest BCUT2D eigenvalue weighted by Crippen LogP contribution is -2.26. The largest absolute Gasteiger partial charge is 0.310 e. The third kappa shape index (κ3) is 7.49. The summed E-state index contributed by atoms with van der Waals surface area (Å²) in [5, 5.41) is 2.45. The second kappa shape index (κ2) is 18.8. The SMILES string of the molecule is c1ccc(-c2ccc(N(c3cccc(-c4cccc(-c5ccc6c(c5)c5ccccc5n6-c5cc(-c6ccccc6)cc(-c6ccccc6)c5)c4)c3)c3ccc4c(c3)C3(c5ccccc5-c5ccccc53)c3ccccc3-4)cc2)cc1. The topological polar surface area (TPSA) is 8.17 Å². The van der Waals surface area contributed by atoms with Gasteiger partial charge in [-0.2, -0.15) is 0 Å². The molecule has 0 saturated heterocycles. The van der Waals surface area contributed by atoms with E-state index in [1.165, 1.54) is 111 Å². The van der Waals surface area contributed by atoms with Gasteiger partial charge in [-0.25, -0.2) is 0 Å². The van der Waals surface area contributed by atoms with Crippen LogP contribution in [0.1, 0.15) is 22.3 Å². The van der Waals surface area contributed by atoms with Crippen molar-refractivity contribution in [2.45, 2.75) is 5.41 Å². The molecule has 14 aromatic rings. The zero-order valence-electron chi connectivity index (χ0n) is 44.4. The Bertz CT molecular complexity index is 4620. The van der Waals surface area contributed by atoms with Gasteiger partial charge in [0.05, 0.1) is 16.4 Å². The van der Waals surface area contributed by atoms with Crippen LogP contribution in [0.4, 0.5) is 17.1 Å². The Hall–Kier alpha value is -10.5. The molecule has 16 rings (SSSR count). The number of aromatic nitrogens is 1. The molecule has 0 radical (unpaired) electrons. The molecular weight excluding hydrogens is 977 g/mol. The highest BCUT2D eigenvalue weighted by Gasteiger charge is 2.51. The van der Waals surface area contributed by atoms with Crippen LogP contribution in [0.25, 0.3) is 105 Å². The average molecular weight is 1030 g/mol. The van der Waals surface area contributed by atoms with Crippen molar-refractivity contribution in [2.24, 2.45) is 0 Å². The second-order valence-electron chi connectivity index (χ2n) is 21.6. The maximum Gasteiger partial charge on any atom is 0.0726 e. The number of hydrogen-bond donors (Lipinski definition) is 0. The lowest BCUT2D eigenvalue weighted by molar-refractivity contribution is 0.793. The van der Waals surface area contributed by atoms with E-state index >= 15 is 0 Å². The highest BCUT2D eigenvalue weighted by molar-refractivity contribution is 6.11. The van der Waals surface area contributed by atoms with Crippen molar-refractivity contribution < 1.29 is 0 Å². The summed E-state index contributed by atoms with van der Waals surface area (Å²) >= 11 is 0. The van der Waals surface area contributed by atoms with Gasteiger partial charge < -0.3 is 9.47 Å². The quantitative estimate of drug-likeness (QED) is 0.140. The third-order valence-corrected chi connectivity index (χ3v) is 17.2. The maximum atomic E-state index is 2.49. The molecule has 2 nitrogen and oxygen atoms in total. The normalized spacial score (nSPS) is 12.5. The second-order valence-corrected chi connectivity index (χ2v) is 21.6. The predicted octanol–water partition coefficient (Wildman–Crippen LogP) is 20.9. The first-order chi connectivity index (χ1) is 40.2. The van der Waals surface area contributed by atoms with Gasteiger partial charge in [-0.1, -0.05) is 237 Å². The van der Waals surface area contributed by atoms with E-state index in [4.69, 9.17) is 0 Å². The Morgan fingerprint density at radius 1 is 0.222 bits per heavy atom. The van der Waals surface area contributed by atoms with Gasteiger partial charge in [0.25, 0.3) is 0 Å². The monoisotopic (exact) mass is 1030 g/mol. The fourth-order valence-electron chi connectivity index (χ4n) is 13.6. The van der Waals surface area contributed by atoms with Crippen LogP contribution in [-0.2, 0) is 5.41 Å². The van der Waals surface area contributed by atoms with E-state index in [0.717, 1.165) is 33.9 Å². The fraction of sp³-hybridized carbons (Fsp3) is 0.0127. The molecule has 0 amide bonds. The highest BCUT2D eigenvalue weighted by atomic mass is 15.1. The van der Waals surface area contributed by atoms with Gasteiger partial charge in [-0.15, -0.1) is 0 Å². The van der Waals surface area contributed by atoms with Crippen LogP contribution >= 0.6 is 0 Å². The van der Waals surface area contributed by atoms with Crippen LogP contribution in [-0.4, -0.2) is 4.57 Å². The average Bonchev–Trinajstić information content (AvgIpc) is 4.33. The zero-order valence-corrected chi connectivity index (χ0v) is 44.4. The van der Waals surface area contributed by atoms with E-state index in [-0.39, 0.29) is 0 Å². The number of nitrogens with zero attached hydrogens (tertiary/aromatic N) is 2. The summed E-state index contributed by atoms with van der Waals surface area (Å²) in [5.74, 6) is 0. The first-order valence-corrected chi connectivity index (χ1v) is 28.1. The molecular formula is C79H52N2. The van der Waals surface area contributed by atoms with E-state index in [2.05, 4.69) is 325 Å². The molecule has 1 heterocycles. The van der Waals surface area contributed by atoms with Gasteiger partial charge in [-0.3, -0.25) is 0 Å². The number of para-hydroxylation sites is 1. The number of hydrogen-bond acceptors (Lipinski definition) is 1. The third-order valence-electron chi connectivity index (χ3n) is 17.2. The number of rotatable bonds is 9. The van der Waals surface area contributed by atoms with Crippen LogP contribution in [0, 0.1) is 0 Å². The minimum atomic E-state index is -0.461. The zero-order chi connectivity index (χ0) is 53.4. The summed E-state index contributed by atoms with van der Waals surface area (Å²) in [4.78, 5) is 2.45. The molecule has 2 heteroatoms. The molecule has 0 atom stereocenters. The number of benzene rings is 13. The van der Waals surface area contributed by atoms with Crippen molar-refractivity contribution in [1.29, 1.82) is 0 Å².